The summed E-state index contributed by atoms with van der Waals surface area (Å²) >= 11 is 0. The summed E-state index contributed by atoms with van der Waals surface area (Å²) in [6, 6.07) is 9.03. The van der Waals surface area contributed by atoms with Gasteiger partial charge in [0, 0.05) is 17.3 Å². The predicted molar refractivity (Wildman–Crippen MR) is 76.5 cm³/mol. The van der Waals surface area contributed by atoms with E-state index in [1.165, 1.54) is 25.3 Å². The van der Waals surface area contributed by atoms with Gasteiger partial charge in [0.15, 0.2) is 0 Å². The van der Waals surface area contributed by atoms with Crippen molar-refractivity contribution in [2.24, 2.45) is 0 Å². The van der Waals surface area contributed by atoms with Crippen LogP contribution < -0.4 is 15.8 Å². The van der Waals surface area contributed by atoms with Gasteiger partial charge in [-0.2, -0.15) is 0 Å². The molecule has 0 aliphatic rings. The van der Waals surface area contributed by atoms with E-state index in [1.54, 1.807) is 25.1 Å². The van der Waals surface area contributed by atoms with Crippen molar-refractivity contribution in [3.05, 3.63) is 53.3 Å². The van der Waals surface area contributed by atoms with E-state index in [0.717, 1.165) is 0 Å². The summed E-state index contributed by atoms with van der Waals surface area (Å²) in [4.78, 5) is 12.2. The monoisotopic (exact) mass is 274 g/mol. The fourth-order valence-electron chi connectivity index (χ4n) is 1.86. The van der Waals surface area contributed by atoms with Crippen molar-refractivity contribution in [1.82, 2.24) is 0 Å². The largest absolute Gasteiger partial charge is 0.494 e. The zero-order valence-corrected chi connectivity index (χ0v) is 11.2. The summed E-state index contributed by atoms with van der Waals surface area (Å²) in [7, 11) is 1.41. The van der Waals surface area contributed by atoms with Gasteiger partial charge in [0.05, 0.1) is 12.8 Å². The molecular weight excluding hydrogens is 259 g/mol. The number of halogens is 1. The maximum atomic E-state index is 13.1. The van der Waals surface area contributed by atoms with Gasteiger partial charge in [-0.05, 0) is 36.8 Å². The van der Waals surface area contributed by atoms with Crippen LogP contribution in [0, 0.1) is 12.7 Å². The third kappa shape index (κ3) is 2.71. The van der Waals surface area contributed by atoms with Gasteiger partial charge < -0.3 is 15.8 Å². The average molecular weight is 274 g/mol. The maximum absolute atomic E-state index is 13.1. The number of methoxy groups -OCH3 is 1. The molecule has 2 aromatic carbocycles. The van der Waals surface area contributed by atoms with E-state index in [1.807, 2.05) is 0 Å². The second kappa shape index (κ2) is 5.61. The Kier molecular flexibility index (Phi) is 3.89. The van der Waals surface area contributed by atoms with Crippen molar-refractivity contribution in [3.8, 4) is 5.75 Å². The van der Waals surface area contributed by atoms with Crippen LogP contribution in [0.5, 0.6) is 5.75 Å². The van der Waals surface area contributed by atoms with Crippen LogP contribution >= 0.6 is 0 Å². The van der Waals surface area contributed by atoms with Gasteiger partial charge in [0.25, 0.3) is 5.91 Å². The second-order valence-corrected chi connectivity index (χ2v) is 4.32. The normalized spacial score (nSPS) is 10.2. The quantitative estimate of drug-likeness (QED) is 0.846. The molecule has 2 aromatic rings. The predicted octanol–water partition coefficient (Wildman–Crippen LogP) is 2.98. The zero-order valence-electron chi connectivity index (χ0n) is 11.2. The molecule has 0 aromatic heterocycles. The molecule has 0 saturated heterocycles. The fraction of sp³-hybridized carbons (Fsp3) is 0.133. The smallest absolute Gasteiger partial charge is 0.256 e. The van der Waals surface area contributed by atoms with Gasteiger partial charge in [-0.3, -0.25) is 4.79 Å². The molecule has 0 heterocycles. The highest BCUT2D eigenvalue weighted by molar-refractivity contribution is 6.06. The van der Waals surface area contributed by atoms with Crippen LogP contribution in [0.25, 0.3) is 0 Å². The SMILES string of the molecule is COc1cc(F)ccc1NC(=O)c1cccc(N)c1C. The molecule has 0 fully saturated rings. The lowest BCUT2D eigenvalue weighted by molar-refractivity contribution is 0.102. The molecule has 0 bridgehead atoms. The molecule has 20 heavy (non-hydrogen) atoms. The van der Waals surface area contributed by atoms with Crippen molar-refractivity contribution < 1.29 is 13.9 Å². The molecule has 0 unspecified atom stereocenters. The van der Waals surface area contributed by atoms with E-state index < -0.39 is 5.82 Å². The summed E-state index contributed by atoms with van der Waals surface area (Å²) in [5.74, 6) is -0.486. The van der Waals surface area contributed by atoms with E-state index in [0.29, 0.717) is 22.5 Å². The highest BCUT2D eigenvalue weighted by Gasteiger charge is 2.13. The van der Waals surface area contributed by atoms with Crippen LogP contribution in [-0.4, -0.2) is 13.0 Å². The van der Waals surface area contributed by atoms with Crippen molar-refractivity contribution in [2.75, 3.05) is 18.2 Å². The highest BCUT2D eigenvalue weighted by atomic mass is 19.1. The van der Waals surface area contributed by atoms with E-state index in [-0.39, 0.29) is 11.7 Å². The van der Waals surface area contributed by atoms with Crippen LogP contribution in [0.1, 0.15) is 15.9 Å². The van der Waals surface area contributed by atoms with Crippen LogP contribution in [0.2, 0.25) is 0 Å². The van der Waals surface area contributed by atoms with Gasteiger partial charge in [0.1, 0.15) is 11.6 Å². The Hall–Kier alpha value is -2.56. The third-order valence-electron chi connectivity index (χ3n) is 3.03. The summed E-state index contributed by atoms with van der Waals surface area (Å²) in [6.45, 7) is 1.77. The fourth-order valence-corrected chi connectivity index (χ4v) is 1.86. The number of carbonyl (C=O) groups excluding carboxylic acids is 1. The Morgan fingerprint density at radius 2 is 2.05 bits per heavy atom. The lowest BCUT2D eigenvalue weighted by atomic mass is 10.1. The number of ether oxygens (including phenoxy) is 1. The first-order valence-corrected chi connectivity index (χ1v) is 6.03. The number of hydrogen-bond acceptors (Lipinski definition) is 3. The molecule has 0 saturated carbocycles. The van der Waals surface area contributed by atoms with Gasteiger partial charge in [-0.25, -0.2) is 4.39 Å². The third-order valence-corrected chi connectivity index (χ3v) is 3.03. The molecule has 104 valence electrons. The first-order valence-electron chi connectivity index (χ1n) is 6.03. The molecular formula is C15H15FN2O2. The Bertz CT molecular complexity index is 656. The zero-order chi connectivity index (χ0) is 14.7. The first-order chi connectivity index (χ1) is 9.52. The number of hydrogen-bond donors (Lipinski definition) is 2. The second-order valence-electron chi connectivity index (χ2n) is 4.32. The molecule has 5 heteroatoms. The van der Waals surface area contributed by atoms with Crippen molar-refractivity contribution in [3.63, 3.8) is 0 Å². The standard InChI is InChI=1S/C15H15FN2O2/c1-9-11(4-3-5-12(9)17)15(19)18-13-7-6-10(16)8-14(13)20-2/h3-8H,17H2,1-2H3,(H,18,19). The number of nitrogens with two attached hydrogens (primary N) is 1. The summed E-state index contributed by atoms with van der Waals surface area (Å²) in [5.41, 5.74) is 7.89. The number of amides is 1. The number of benzene rings is 2. The van der Waals surface area contributed by atoms with Crippen LogP contribution in [-0.2, 0) is 0 Å². The molecule has 0 aliphatic heterocycles. The van der Waals surface area contributed by atoms with E-state index in [4.69, 9.17) is 10.5 Å². The average Bonchev–Trinajstić information content (AvgIpc) is 2.43. The Balaban J connectivity index is 2.30. The topological polar surface area (TPSA) is 64.3 Å². The highest BCUT2D eigenvalue weighted by Crippen LogP contribution is 2.26. The maximum Gasteiger partial charge on any atom is 0.256 e. The molecule has 0 spiro atoms. The van der Waals surface area contributed by atoms with Crippen molar-refractivity contribution >= 4 is 17.3 Å². The van der Waals surface area contributed by atoms with Crippen LogP contribution in [0.15, 0.2) is 36.4 Å². The van der Waals surface area contributed by atoms with E-state index in [2.05, 4.69) is 5.32 Å². The summed E-state index contributed by atoms with van der Waals surface area (Å²) in [6.07, 6.45) is 0. The summed E-state index contributed by atoms with van der Waals surface area (Å²) in [5, 5.41) is 2.69. The Morgan fingerprint density at radius 3 is 2.75 bits per heavy atom. The molecule has 0 atom stereocenters. The van der Waals surface area contributed by atoms with Gasteiger partial charge >= 0.3 is 0 Å². The van der Waals surface area contributed by atoms with Crippen LogP contribution in [0.3, 0.4) is 0 Å². The molecule has 1 amide bonds. The lowest BCUT2D eigenvalue weighted by Gasteiger charge is -2.12. The minimum absolute atomic E-state index is 0.264. The van der Waals surface area contributed by atoms with E-state index in [9.17, 15) is 9.18 Å². The lowest BCUT2D eigenvalue weighted by Crippen LogP contribution is -2.14. The number of carbonyl (C=O) groups is 1. The number of anilines is 2. The van der Waals surface area contributed by atoms with Crippen molar-refractivity contribution in [2.45, 2.75) is 6.92 Å². The molecule has 0 radical (unpaired) electrons. The minimum atomic E-state index is -0.431. The minimum Gasteiger partial charge on any atom is -0.494 e. The van der Waals surface area contributed by atoms with Crippen LogP contribution in [0.4, 0.5) is 15.8 Å². The number of nitrogens with one attached hydrogen (secondary N) is 1. The van der Waals surface area contributed by atoms with E-state index >= 15 is 0 Å². The van der Waals surface area contributed by atoms with Crippen molar-refractivity contribution in [1.29, 1.82) is 0 Å². The Labute approximate surface area is 116 Å². The van der Waals surface area contributed by atoms with Gasteiger partial charge in [0.2, 0.25) is 0 Å². The Morgan fingerprint density at radius 1 is 1.30 bits per heavy atom. The first kappa shape index (κ1) is 13.9. The molecule has 3 N–H and O–H groups in total. The molecule has 2 rings (SSSR count). The number of nitrogen functional groups attached to an aromatic ring is 1. The number of rotatable bonds is 3. The molecule has 0 aliphatic carbocycles. The molecule has 4 nitrogen and oxygen atoms in total. The summed E-state index contributed by atoms with van der Waals surface area (Å²) < 4.78 is 18.1. The van der Waals surface area contributed by atoms with Gasteiger partial charge in [-0.15, -0.1) is 0 Å². The van der Waals surface area contributed by atoms with Gasteiger partial charge in [-0.1, -0.05) is 6.07 Å².